The maximum Gasteiger partial charge on any atom is 0.373 e. The molecule has 0 radical (unpaired) electrons. The van der Waals surface area contributed by atoms with Gasteiger partial charge in [0.15, 0.2) is 0 Å². The maximum atomic E-state index is 12.0. The van der Waals surface area contributed by atoms with Gasteiger partial charge in [-0.2, -0.15) is 4.89 Å². The molecule has 1 aliphatic rings. The summed E-state index contributed by atoms with van der Waals surface area (Å²) in [7, 11) is 0. The summed E-state index contributed by atoms with van der Waals surface area (Å²) in [6.45, 7) is 6.15. The molecule has 0 unspecified atom stereocenters. The van der Waals surface area contributed by atoms with Crippen LogP contribution in [0.3, 0.4) is 0 Å². The Balaban J connectivity index is 1.83. The minimum absolute atomic E-state index is 0.0625. The minimum Gasteiger partial charge on any atom is -0.293 e. The van der Waals surface area contributed by atoms with Gasteiger partial charge in [-0.25, -0.2) is 4.79 Å². The molecule has 0 amide bonds. The lowest BCUT2D eigenvalue weighted by atomic mass is 9.86. The van der Waals surface area contributed by atoms with E-state index in [0.717, 1.165) is 29.9 Å². The highest BCUT2D eigenvalue weighted by Gasteiger charge is 2.23. The van der Waals surface area contributed by atoms with Gasteiger partial charge in [0.05, 0.1) is 5.56 Å². The van der Waals surface area contributed by atoms with Crippen molar-refractivity contribution < 1.29 is 14.6 Å². The Morgan fingerprint density at radius 1 is 1.20 bits per heavy atom. The molecule has 0 atom stereocenters. The third-order valence-electron chi connectivity index (χ3n) is 4.23. The number of hydrogen-bond donors (Lipinski definition) is 0. The first-order chi connectivity index (χ1) is 9.60. The van der Waals surface area contributed by atoms with Crippen LogP contribution in [0.2, 0.25) is 0 Å². The second kappa shape index (κ2) is 6.89. The fourth-order valence-corrected chi connectivity index (χ4v) is 2.84. The van der Waals surface area contributed by atoms with Gasteiger partial charge in [0.2, 0.25) is 0 Å². The van der Waals surface area contributed by atoms with Gasteiger partial charge < -0.3 is 0 Å². The lowest BCUT2D eigenvalue weighted by molar-refractivity contribution is -0.280. The largest absolute Gasteiger partial charge is 0.373 e. The first kappa shape index (κ1) is 15.0. The van der Waals surface area contributed by atoms with Gasteiger partial charge in [0.1, 0.15) is 6.10 Å². The summed E-state index contributed by atoms with van der Waals surface area (Å²) in [6.07, 6.45) is 5.60. The zero-order valence-electron chi connectivity index (χ0n) is 12.6. The van der Waals surface area contributed by atoms with Crippen molar-refractivity contribution in [2.24, 2.45) is 5.92 Å². The number of aryl methyl sites for hydroxylation is 2. The third kappa shape index (κ3) is 3.83. The molecule has 0 heterocycles. The van der Waals surface area contributed by atoms with Crippen molar-refractivity contribution >= 4 is 5.97 Å². The average molecular weight is 276 g/mol. The van der Waals surface area contributed by atoms with Gasteiger partial charge in [-0.1, -0.05) is 31.0 Å². The van der Waals surface area contributed by atoms with Crippen molar-refractivity contribution in [1.29, 1.82) is 0 Å². The van der Waals surface area contributed by atoms with Gasteiger partial charge in [-0.05, 0) is 57.1 Å². The zero-order chi connectivity index (χ0) is 14.5. The quantitative estimate of drug-likeness (QED) is 0.605. The Labute approximate surface area is 121 Å². The summed E-state index contributed by atoms with van der Waals surface area (Å²) >= 11 is 0. The summed E-state index contributed by atoms with van der Waals surface area (Å²) in [6, 6.07) is 5.68. The predicted molar refractivity (Wildman–Crippen MR) is 78.5 cm³/mol. The highest BCUT2D eigenvalue weighted by Crippen LogP contribution is 2.28. The van der Waals surface area contributed by atoms with Gasteiger partial charge in [-0.3, -0.25) is 4.89 Å². The molecule has 20 heavy (non-hydrogen) atoms. The van der Waals surface area contributed by atoms with E-state index in [4.69, 9.17) is 9.78 Å². The van der Waals surface area contributed by atoms with Crippen molar-refractivity contribution in [2.45, 2.75) is 59.0 Å². The molecular weight excluding hydrogens is 252 g/mol. The van der Waals surface area contributed by atoms with Gasteiger partial charge in [0.25, 0.3) is 0 Å². The van der Waals surface area contributed by atoms with E-state index in [2.05, 4.69) is 6.92 Å². The number of rotatable bonds is 4. The number of benzene rings is 1. The van der Waals surface area contributed by atoms with Crippen LogP contribution in [0.4, 0.5) is 0 Å². The molecule has 0 N–H and O–H groups in total. The zero-order valence-corrected chi connectivity index (χ0v) is 12.6. The second-order valence-corrected chi connectivity index (χ2v) is 5.84. The summed E-state index contributed by atoms with van der Waals surface area (Å²) in [4.78, 5) is 22.3. The van der Waals surface area contributed by atoms with Crippen LogP contribution < -0.4 is 0 Å². The minimum atomic E-state index is -0.389. The van der Waals surface area contributed by atoms with Crippen molar-refractivity contribution in [3.8, 4) is 0 Å². The molecule has 1 aliphatic carbocycles. The van der Waals surface area contributed by atoms with Crippen LogP contribution in [-0.2, 0) is 9.78 Å². The Morgan fingerprint density at radius 2 is 1.90 bits per heavy atom. The molecule has 2 rings (SSSR count). The van der Waals surface area contributed by atoms with Crippen molar-refractivity contribution in [3.05, 3.63) is 34.9 Å². The molecule has 1 fully saturated rings. The number of carbonyl (C=O) groups is 1. The van der Waals surface area contributed by atoms with Crippen LogP contribution in [0.1, 0.15) is 60.5 Å². The monoisotopic (exact) mass is 276 g/mol. The van der Waals surface area contributed by atoms with Crippen LogP contribution in [0.5, 0.6) is 0 Å². The Hall–Kier alpha value is -1.35. The summed E-state index contributed by atoms with van der Waals surface area (Å²) in [5, 5.41) is 0. The van der Waals surface area contributed by atoms with Gasteiger partial charge >= 0.3 is 5.97 Å². The topological polar surface area (TPSA) is 35.5 Å². The second-order valence-electron chi connectivity index (χ2n) is 5.84. The Kier molecular flexibility index (Phi) is 5.18. The fourth-order valence-electron chi connectivity index (χ4n) is 2.84. The smallest absolute Gasteiger partial charge is 0.293 e. The lowest BCUT2D eigenvalue weighted by Gasteiger charge is -2.26. The number of carbonyl (C=O) groups excluding carboxylic acids is 1. The molecule has 1 aromatic rings. The lowest BCUT2D eigenvalue weighted by Crippen LogP contribution is -2.23. The molecule has 0 bridgehead atoms. The molecule has 0 aliphatic heterocycles. The van der Waals surface area contributed by atoms with Crippen molar-refractivity contribution in [1.82, 2.24) is 0 Å². The van der Waals surface area contributed by atoms with E-state index in [1.165, 1.54) is 19.3 Å². The van der Waals surface area contributed by atoms with E-state index in [0.29, 0.717) is 5.56 Å². The average Bonchev–Trinajstić information content (AvgIpc) is 2.45. The Bertz CT molecular complexity index is 459. The van der Waals surface area contributed by atoms with E-state index in [9.17, 15) is 4.79 Å². The summed E-state index contributed by atoms with van der Waals surface area (Å²) < 4.78 is 0. The van der Waals surface area contributed by atoms with Crippen molar-refractivity contribution in [2.75, 3.05) is 0 Å². The fraction of sp³-hybridized carbons (Fsp3) is 0.588. The van der Waals surface area contributed by atoms with Crippen LogP contribution >= 0.6 is 0 Å². The summed E-state index contributed by atoms with van der Waals surface area (Å²) in [5.41, 5.74) is 2.64. The molecular formula is C17H24O3. The highest BCUT2D eigenvalue weighted by atomic mass is 17.2. The maximum absolute atomic E-state index is 12.0. The van der Waals surface area contributed by atoms with Crippen molar-refractivity contribution in [3.63, 3.8) is 0 Å². The normalized spacial score (nSPS) is 22.6. The standard InChI is InChI=1S/C17H24O3/c1-4-14-6-8-15(9-7-14)19-20-17(18)16-10-5-12(2)11-13(16)3/h5,10-11,14-15H,4,6-9H2,1-3H3. The van der Waals surface area contributed by atoms with Crippen LogP contribution in [0.25, 0.3) is 0 Å². The number of hydrogen-bond acceptors (Lipinski definition) is 3. The molecule has 0 aromatic heterocycles. The molecule has 3 heteroatoms. The highest BCUT2D eigenvalue weighted by molar-refractivity contribution is 5.90. The molecule has 0 spiro atoms. The molecule has 0 saturated heterocycles. The van der Waals surface area contributed by atoms with E-state index in [1.807, 2.05) is 26.0 Å². The van der Waals surface area contributed by atoms with Crippen LogP contribution in [0.15, 0.2) is 18.2 Å². The molecule has 1 aromatic carbocycles. The first-order valence-corrected chi connectivity index (χ1v) is 7.55. The first-order valence-electron chi connectivity index (χ1n) is 7.55. The van der Waals surface area contributed by atoms with E-state index in [-0.39, 0.29) is 12.1 Å². The van der Waals surface area contributed by atoms with Crippen LogP contribution in [-0.4, -0.2) is 12.1 Å². The summed E-state index contributed by atoms with van der Waals surface area (Å²) in [5.74, 6) is 0.421. The molecule has 110 valence electrons. The third-order valence-corrected chi connectivity index (χ3v) is 4.23. The SMILES string of the molecule is CCC1CCC(OOC(=O)c2ccc(C)cc2C)CC1. The molecule has 1 saturated carbocycles. The molecule has 3 nitrogen and oxygen atoms in total. The van der Waals surface area contributed by atoms with Crippen LogP contribution in [0, 0.1) is 19.8 Å². The van der Waals surface area contributed by atoms with Gasteiger partial charge in [0, 0.05) is 0 Å². The van der Waals surface area contributed by atoms with E-state index < -0.39 is 0 Å². The van der Waals surface area contributed by atoms with E-state index in [1.54, 1.807) is 6.07 Å². The van der Waals surface area contributed by atoms with Gasteiger partial charge in [-0.15, -0.1) is 0 Å². The predicted octanol–water partition coefficient (Wildman–Crippen LogP) is 4.36. The Morgan fingerprint density at radius 3 is 2.50 bits per heavy atom. The van der Waals surface area contributed by atoms with E-state index >= 15 is 0 Å².